The number of esters is 1. The fourth-order valence-electron chi connectivity index (χ4n) is 3.63. The molecule has 1 unspecified atom stereocenters. The van der Waals surface area contributed by atoms with Crippen molar-refractivity contribution in [2.75, 3.05) is 30.8 Å². The van der Waals surface area contributed by atoms with E-state index in [1.54, 1.807) is 18.7 Å². The molecule has 7 nitrogen and oxygen atoms in total. The van der Waals surface area contributed by atoms with Gasteiger partial charge in [-0.1, -0.05) is 37.2 Å². The Morgan fingerprint density at radius 1 is 1.33 bits per heavy atom. The van der Waals surface area contributed by atoms with Crippen molar-refractivity contribution in [2.45, 2.75) is 46.1 Å². The number of carbonyl (C=O) groups excluding carboxylic acids is 2. The van der Waals surface area contributed by atoms with Crippen molar-refractivity contribution >= 4 is 34.6 Å². The lowest BCUT2D eigenvalue weighted by molar-refractivity contribution is -0.139. The lowest BCUT2D eigenvalue weighted by Gasteiger charge is -2.40. The van der Waals surface area contributed by atoms with Gasteiger partial charge in [-0.05, 0) is 44.4 Å². The molecule has 3 rings (SSSR count). The number of nitrogens with zero attached hydrogens (tertiary/aromatic N) is 2. The van der Waals surface area contributed by atoms with Crippen LogP contribution in [0.3, 0.4) is 0 Å². The van der Waals surface area contributed by atoms with E-state index in [4.69, 9.17) is 4.74 Å². The van der Waals surface area contributed by atoms with Crippen LogP contribution in [-0.4, -0.2) is 47.5 Å². The summed E-state index contributed by atoms with van der Waals surface area (Å²) in [6.45, 7) is 7.53. The van der Waals surface area contributed by atoms with E-state index < -0.39 is 0 Å². The smallest absolute Gasteiger partial charge is 0.338 e. The number of nitrogens with one attached hydrogen (secondary N) is 2. The molecular weight excluding hydrogens is 400 g/mol. The van der Waals surface area contributed by atoms with E-state index in [2.05, 4.69) is 27.4 Å². The second kappa shape index (κ2) is 10.5. The van der Waals surface area contributed by atoms with Gasteiger partial charge < -0.3 is 20.3 Å². The number of hydrogen-bond donors (Lipinski definition) is 2. The minimum Gasteiger partial charge on any atom is -0.463 e. The largest absolute Gasteiger partial charge is 0.463 e. The van der Waals surface area contributed by atoms with Crippen molar-refractivity contribution in [3.05, 3.63) is 41.1 Å². The van der Waals surface area contributed by atoms with E-state index >= 15 is 0 Å². The summed E-state index contributed by atoms with van der Waals surface area (Å²) in [4.78, 5) is 31.8. The van der Waals surface area contributed by atoms with Crippen LogP contribution in [-0.2, 0) is 9.53 Å². The van der Waals surface area contributed by atoms with Crippen molar-refractivity contribution in [1.29, 1.82) is 0 Å². The maximum Gasteiger partial charge on any atom is 0.338 e. The van der Waals surface area contributed by atoms with E-state index in [0.29, 0.717) is 30.1 Å². The third-order valence-electron chi connectivity index (χ3n) is 5.03. The number of allylic oxidation sites excluding steroid dienone is 1. The number of fused-ring (bicyclic) bond motifs is 1. The van der Waals surface area contributed by atoms with Crippen LogP contribution in [0, 0.1) is 0 Å². The molecule has 0 bridgehead atoms. The van der Waals surface area contributed by atoms with E-state index in [1.807, 2.05) is 31.2 Å². The van der Waals surface area contributed by atoms with Gasteiger partial charge in [-0.25, -0.2) is 14.6 Å². The van der Waals surface area contributed by atoms with Gasteiger partial charge in [0.1, 0.15) is 0 Å². The third kappa shape index (κ3) is 5.16. The van der Waals surface area contributed by atoms with Crippen LogP contribution in [0.5, 0.6) is 0 Å². The summed E-state index contributed by atoms with van der Waals surface area (Å²) < 4.78 is 5.35. The van der Waals surface area contributed by atoms with E-state index in [0.717, 1.165) is 42.3 Å². The number of benzene rings is 1. The SMILES string of the molecule is CCCCNC(=O)Nc1cccc(C2C(C(=O)OCC)=C(C)N=C3SCCCN32)c1. The predicted octanol–water partition coefficient (Wildman–Crippen LogP) is 4.29. The lowest BCUT2D eigenvalue weighted by Crippen LogP contribution is -2.42. The van der Waals surface area contributed by atoms with Crippen LogP contribution in [0.25, 0.3) is 0 Å². The molecule has 0 saturated carbocycles. The zero-order valence-electron chi connectivity index (χ0n) is 17.9. The maximum absolute atomic E-state index is 12.8. The zero-order chi connectivity index (χ0) is 21.5. The molecule has 2 heterocycles. The Bertz CT molecular complexity index is 853. The van der Waals surface area contributed by atoms with Crippen molar-refractivity contribution in [1.82, 2.24) is 10.2 Å². The average molecular weight is 431 g/mol. The van der Waals surface area contributed by atoms with Gasteiger partial charge >= 0.3 is 12.0 Å². The highest BCUT2D eigenvalue weighted by molar-refractivity contribution is 8.13. The third-order valence-corrected chi connectivity index (χ3v) is 6.11. The molecule has 30 heavy (non-hydrogen) atoms. The van der Waals surface area contributed by atoms with Crippen LogP contribution >= 0.6 is 11.8 Å². The van der Waals surface area contributed by atoms with E-state index in [9.17, 15) is 9.59 Å². The number of hydrogen-bond acceptors (Lipinski definition) is 6. The van der Waals surface area contributed by atoms with E-state index in [-0.39, 0.29) is 18.0 Å². The first-order chi connectivity index (χ1) is 14.5. The molecule has 1 atom stereocenters. The normalized spacial score (nSPS) is 18.4. The summed E-state index contributed by atoms with van der Waals surface area (Å²) in [5.41, 5.74) is 2.87. The van der Waals surface area contributed by atoms with Gasteiger partial charge in [0.15, 0.2) is 5.17 Å². The Hall–Kier alpha value is -2.48. The number of carbonyl (C=O) groups is 2. The van der Waals surface area contributed by atoms with Crippen LogP contribution in [0.15, 0.2) is 40.5 Å². The zero-order valence-corrected chi connectivity index (χ0v) is 18.7. The Balaban J connectivity index is 1.90. The number of urea groups is 1. The molecule has 0 spiro atoms. The number of amidine groups is 1. The highest BCUT2D eigenvalue weighted by atomic mass is 32.2. The standard InChI is InChI=1S/C22H30N4O3S/c1-4-6-11-23-21(28)25-17-10-7-9-16(14-17)19-18(20(27)29-5-2)15(3)24-22-26(19)12-8-13-30-22/h7,9-10,14,19H,4-6,8,11-13H2,1-3H3,(H2,23,25,28). The summed E-state index contributed by atoms with van der Waals surface area (Å²) in [6.07, 6.45) is 2.99. The Morgan fingerprint density at radius 3 is 2.93 bits per heavy atom. The summed E-state index contributed by atoms with van der Waals surface area (Å²) in [5, 5.41) is 6.69. The molecule has 2 aliphatic rings. The number of ether oxygens (including phenoxy) is 1. The molecule has 0 radical (unpaired) electrons. The van der Waals surface area contributed by atoms with Crippen LogP contribution in [0.4, 0.5) is 10.5 Å². The van der Waals surface area contributed by atoms with Crippen molar-refractivity contribution in [3.8, 4) is 0 Å². The minimum absolute atomic E-state index is 0.225. The van der Waals surface area contributed by atoms with Crippen molar-refractivity contribution in [3.63, 3.8) is 0 Å². The molecule has 2 aliphatic heterocycles. The Morgan fingerprint density at radius 2 is 2.17 bits per heavy atom. The van der Waals surface area contributed by atoms with Crippen molar-refractivity contribution < 1.29 is 14.3 Å². The van der Waals surface area contributed by atoms with Crippen LogP contribution in [0.1, 0.15) is 51.6 Å². The van der Waals surface area contributed by atoms with Crippen LogP contribution < -0.4 is 10.6 Å². The molecule has 1 aromatic carbocycles. The van der Waals surface area contributed by atoms with Crippen LogP contribution in [0.2, 0.25) is 0 Å². The van der Waals surface area contributed by atoms with Gasteiger partial charge in [0, 0.05) is 24.5 Å². The van der Waals surface area contributed by atoms with E-state index in [1.165, 1.54) is 0 Å². The number of rotatable bonds is 7. The molecule has 162 valence electrons. The molecule has 1 fully saturated rings. The fourth-order valence-corrected chi connectivity index (χ4v) is 4.65. The van der Waals surface area contributed by atoms with Gasteiger partial charge in [-0.2, -0.15) is 0 Å². The molecule has 2 amide bonds. The molecule has 8 heteroatoms. The molecule has 1 aromatic rings. The summed E-state index contributed by atoms with van der Waals surface area (Å²) in [6, 6.07) is 7.16. The topological polar surface area (TPSA) is 83.0 Å². The summed E-state index contributed by atoms with van der Waals surface area (Å²) in [5.74, 6) is 0.679. The molecule has 2 N–H and O–H groups in total. The maximum atomic E-state index is 12.8. The highest BCUT2D eigenvalue weighted by Crippen LogP contribution is 2.40. The predicted molar refractivity (Wildman–Crippen MR) is 122 cm³/mol. The highest BCUT2D eigenvalue weighted by Gasteiger charge is 2.37. The summed E-state index contributed by atoms with van der Waals surface area (Å²) in [7, 11) is 0. The second-order valence-corrected chi connectivity index (χ2v) is 8.33. The minimum atomic E-state index is -0.339. The number of aliphatic imine (C=N–C) groups is 1. The number of thioether (sulfide) groups is 1. The molecule has 1 saturated heterocycles. The Kier molecular flexibility index (Phi) is 7.79. The molecular formula is C22H30N4O3S. The average Bonchev–Trinajstić information content (AvgIpc) is 2.73. The first-order valence-corrected chi connectivity index (χ1v) is 11.5. The second-order valence-electron chi connectivity index (χ2n) is 7.27. The first kappa shape index (κ1) is 22.2. The molecule has 0 aliphatic carbocycles. The van der Waals surface area contributed by atoms with Gasteiger partial charge in [-0.3, -0.25) is 0 Å². The lowest BCUT2D eigenvalue weighted by atomic mass is 9.94. The number of amides is 2. The van der Waals surface area contributed by atoms with Gasteiger partial charge in [0.25, 0.3) is 0 Å². The fraction of sp³-hybridized carbons (Fsp3) is 0.500. The first-order valence-electron chi connectivity index (χ1n) is 10.6. The Labute approximate surface area is 182 Å². The van der Waals surface area contributed by atoms with Gasteiger partial charge in [0.2, 0.25) is 0 Å². The monoisotopic (exact) mass is 430 g/mol. The van der Waals surface area contributed by atoms with Gasteiger partial charge in [0.05, 0.1) is 23.9 Å². The number of unbranched alkanes of at least 4 members (excludes halogenated alkanes) is 1. The summed E-state index contributed by atoms with van der Waals surface area (Å²) >= 11 is 1.71. The van der Waals surface area contributed by atoms with Crippen molar-refractivity contribution in [2.24, 2.45) is 4.99 Å². The van der Waals surface area contributed by atoms with Gasteiger partial charge in [-0.15, -0.1) is 0 Å². The molecule has 0 aromatic heterocycles. The quantitative estimate of drug-likeness (QED) is 0.498. The number of anilines is 1.